The molecule has 0 spiro atoms. The Bertz CT molecular complexity index is 3290. The number of hydrogen-bond donors (Lipinski definition) is 0. The van der Waals surface area contributed by atoms with Crippen LogP contribution in [-0.2, 0) is 6.18 Å². The molecule has 0 fully saturated rings. The van der Waals surface area contributed by atoms with Gasteiger partial charge in [0.05, 0.1) is 50.6 Å². The molecule has 0 unspecified atom stereocenters. The van der Waals surface area contributed by atoms with Crippen LogP contribution in [0.1, 0.15) is 22.3 Å². The van der Waals surface area contributed by atoms with E-state index in [4.69, 9.17) is 0 Å². The van der Waals surface area contributed by atoms with Crippen molar-refractivity contribution in [1.82, 2.24) is 9.13 Å². The number of nitrogens with zero attached hydrogens (tertiary/aromatic N) is 3. The summed E-state index contributed by atoms with van der Waals surface area (Å²) < 4.78 is 51.6. The molecule has 10 aromatic rings. The van der Waals surface area contributed by atoms with Crippen molar-refractivity contribution in [3.63, 3.8) is 0 Å². The molecule has 0 amide bonds. The Morgan fingerprint density at radius 3 is 1.43 bits per heavy atom. The predicted molar refractivity (Wildman–Crippen MR) is 231 cm³/mol. The first-order chi connectivity index (χ1) is 28.2. The number of alkyl halides is 3. The van der Waals surface area contributed by atoms with E-state index in [0.29, 0.717) is 33.4 Å². The Labute approximate surface area is 333 Å². The fraction of sp³-hybridized carbons (Fsp3) is 0.0577. The molecule has 0 saturated carbocycles. The van der Waals surface area contributed by atoms with Crippen molar-refractivity contribution in [1.29, 1.82) is 5.26 Å². The minimum Gasteiger partial charge on any atom is -0.309 e. The maximum atomic E-state index is 16.0. The van der Waals surface area contributed by atoms with Crippen LogP contribution in [0.3, 0.4) is 0 Å². The van der Waals surface area contributed by atoms with Crippen molar-refractivity contribution < 1.29 is 13.2 Å². The van der Waals surface area contributed by atoms with Gasteiger partial charge < -0.3 is 9.13 Å². The molecule has 0 bridgehead atoms. The van der Waals surface area contributed by atoms with E-state index in [0.717, 1.165) is 66.0 Å². The minimum atomic E-state index is -4.74. The van der Waals surface area contributed by atoms with E-state index < -0.39 is 11.7 Å². The molecule has 0 atom stereocenters. The normalized spacial score (nSPS) is 11.9. The highest BCUT2D eigenvalue weighted by Gasteiger charge is 2.37. The summed E-state index contributed by atoms with van der Waals surface area (Å²) in [6.45, 7) is 4.07. The second kappa shape index (κ2) is 13.4. The SMILES string of the molecule is Cc1ccc(-c2ccc3c4ccccc4n(-c4cc(C(F)(F)F)c(-n5c6ccccc6c6ccc(-c7ccc(C)cc7)cc65)cc4-c4cccc(C#N)c4)c3c2)cc1. The summed E-state index contributed by atoms with van der Waals surface area (Å²) in [6, 6.07) is 56.4. The molecule has 3 nitrogen and oxygen atoms in total. The van der Waals surface area contributed by atoms with Gasteiger partial charge in [0, 0.05) is 27.1 Å². The molecule has 8 aromatic carbocycles. The summed E-state index contributed by atoms with van der Waals surface area (Å²) in [5.74, 6) is 0. The van der Waals surface area contributed by atoms with Gasteiger partial charge in [-0.3, -0.25) is 0 Å². The summed E-state index contributed by atoms with van der Waals surface area (Å²) in [7, 11) is 0. The first-order valence-corrected chi connectivity index (χ1v) is 19.1. The lowest BCUT2D eigenvalue weighted by molar-refractivity contribution is -0.137. The summed E-state index contributed by atoms with van der Waals surface area (Å²) in [5, 5.41) is 13.6. The number of aromatic nitrogens is 2. The third kappa shape index (κ3) is 5.74. The molecule has 10 rings (SSSR count). The fourth-order valence-corrected chi connectivity index (χ4v) is 8.47. The van der Waals surface area contributed by atoms with E-state index in [1.807, 2.05) is 115 Å². The van der Waals surface area contributed by atoms with Crippen LogP contribution < -0.4 is 0 Å². The standard InChI is InChI=1S/C52H34F3N3/c1-32-14-18-35(19-15-32)37-22-24-42-40-10-3-5-12-46(40)57(48(42)27-37)50-30-45(52(53,54)55)51(29-44(50)39-9-7-8-34(26-39)31-56)58-47-13-6-4-11-41(47)43-25-23-38(28-49(43)58)36-20-16-33(2)17-21-36/h3-30H,1-2H3. The molecule has 6 heteroatoms. The van der Waals surface area contributed by atoms with Gasteiger partial charge in [0.1, 0.15) is 0 Å². The van der Waals surface area contributed by atoms with Crippen molar-refractivity contribution in [2.45, 2.75) is 20.0 Å². The Balaban J connectivity index is 1.33. The monoisotopic (exact) mass is 757 g/mol. The zero-order chi connectivity index (χ0) is 39.7. The van der Waals surface area contributed by atoms with Gasteiger partial charge >= 0.3 is 6.18 Å². The van der Waals surface area contributed by atoms with E-state index >= 15 is 13.2 Å². The Kier molecular flexibility index (Phi) is 8.10. The molecule has 2 aromatic heterocycles. The van der Waals surface area contributed by atoms with Gasteiger partial charge in [0.15, 0.2) is 0 Å². The van der Waals surface area contributed by atoms with Crippen molar-refractivity contribution >= 4 is 43.6 Å². The quantitative estimate of drug-likeness (QED) is 0.172. The summed E-state index contributed by atoms with van der Waals surface area (Å²) >= 11 is 0. The van der Waals surface area contributed by atoms with Gasteiger partial charge in [-0.2, -0.15) is 18.4 Å². The molecule has 2 heterocycles. The Hall–Kier alpha value is -7.36. The highest BCUT2D eigenvalue weighted by molar-refractivity contribution is 6.12. The van der Waals surface area contributed by atoms with E-state index in [9.17, 15) is 5.26 Å². The molecule has 0 saturated heterocycles. The predicted octanol–water partition coefficient (Wildman–Crippen LogP) is 14.4. The van der Waals surface area contributed by atoms with E-state index in [-0.39, 0.29) is 5.69 Å². The van der Waals surface area contributed by atoms with Crippen molar-refractivity contribution in [3.05, 3.63) is 192 Å². The topological polar surface area (TPSA) is 33.6 Å². The Morgan fingerprint density at radius 1 is 0.431 bits per heavy atom. The summed E-state index contributed by atoms with van der Waals surface area (Å²) in [4.78, 5) is 0. The van der Waals surface area contributed by atoms with Crippen LogP contribution in [0.25, 0.3) is 88.4 Å². The molecule has 0 aliphatic heterocycles. The fourth-order valence-electron chi connectivity index (χ4n) is 8.47. The number of benzene rings is 8. The number of rotatable bonds is 5. The van der Waals surface area contributed by atoms with Crippen LogP contribution in [0, 0.1) is 25.2 Å². The second-order valence-electron chi connectivity index (χ2n) is 15.0. The maximum absolute atomic E-state index is 16.0. The number of hydrogen-bond acceptors (Lipinski definition) is 1. The van der Waals surface area contributed by atoms with Crippen LogP contribution in [0.2, 0.25) is 0 Å². The van der Waals surface area contributed by atoms with E-state index in [2.05, 4.69) is 48.5 Å². The lowest BCUT2D eigenvalue weighted by Gasteiger charge is -2.22. The van der Waals surface area contributed by atoms with Crippen LogP contribution in [0.15, 0.2) is 170 Å². The number of aryl methyl sites for hydroxylation is 2. The average Bonchev–Trinajstić information content (AvgIpc) is 3.75. The van der Waals surface area contributed by atoms with Gasteiger partial charge in [-0.1, -0.05) is 132 Å². The zero-order valence-electron chi connectivity index (χ0n) is 31.6. The molecule has 0 N–H and O–H groups in total. The molecule has 278 valence electrons. The molecule has 0 aliphatic carbocycles. The third-order valence-electron chi connectivity index (χ3n) is 11.3. The number of fused-ring (bicyclic) bond motifs is 6. The van der Waals surface area contributed by atoms with Crippen LogP contribution in [-0.4, -0.2) is 9.13 Å². The highest BCUT2D eigenvalue weighted by atomic mass is 19.4. The largest absolute Gasteiger partial charge is 0.418 e. The van der Waals surface area contributed by atoms with Gasteiger partial charge in [-0.15, -0.1) is 0 Å². The molecule has 0 aliphatic rings. The van der Waals surface area contributed by atoms with E-state index in [1.165, 1.54) is 6.07 Å². The number of halogens is 3. The van der Waals surface area contributed by atoms with Gasteiger partial charge in [0.2, 0.25) is 0 Å². The first-order valence-electron chi connectivity index (χ1n) is 19.1. The second-order valence-corrected chi connectivity index (χ2v) is 15.0. The number of para-hydroxylation sites is 2. The first kappa shape index (κ1) is 35.1. The molecule has 58 heavy (non-hydrogen) atoms. The van der Waals surface area contributed by atoms with Crippen molar-refractivity contribution in [2.75, 3.05) is 0 Å². The van der Waals surface area contributed by atoms with Crippen LogP contribution in [0.5, 0.6) is 0 Å². The minimum absolute atomic E-state index is 0.00183. The Morgan fingerprint density at radius 2 is 0.914 bits per heavy atom. The van der Waals surface area contributed by atoms with Gasteiger partial charge in [-0.25, -0.2) is 0 Å². The van der Waals surface area contributed by atoms with Crippen LogP contribution in [0.4, 0.5) is 13.2 Å². The molecular weight excluding hydrogens is 724 g/mol. The van der Waals surface area contributed by atoms with E-state index in [1.54, 1.807) is 28.8 Å². The van der Waals surface area contributed by atoms with Gasteiger partial charge in [0.25, 0.3) is 0 Å². The molecular formula is C52H34F3N3. The van der Waals surface area contributed by atoms with Crippen molar-refractivity contribution in [2.24, 2.45) is 0 Å². The third-order valence-corrected chi connectivity index (χ3v) is 11.3. The lowest BCUT2D eigenvalue weighted by atomic mass is 9.97. The van der Waals surface area contributed by atoms with Crippen LogP contribution >= 0.6 is 0 Å². The summed E-state index contributed by atoms with van der Waals surface area (Å²) in [6.07, 6.45) is -4.74. The number of nitriles is 1. The van der Waals surface area contributed by atoms with Crippen molar-refractivity contribution in [3.8, 4) is 50.8 Å². The highest BCUT2D eigenvalue weighted by Crippen LogP contribution is 2.46. The maximum Gasteiger partial charge on any atom is 0.418 e. The zero-order valence-corrected chi connectivity index (χ0v) is 31.6. The smallest absolute Gasteiger partial charge is 0.309 e. The lowest BCUT2D eigenvalue weighted by Crippen LogP contribution is -2.13. The van der Waals surface area contributed by atoms with Gasteiger partial charge in [-0.05, 0) is 90.2 Å². The molecule has 0 radical (unpaired) electrons. The summed E-state index contributed by atoms with van der Waals surface area (Å²) in [5.41, 5.74) is 10.2. The average molecular weight is 758 g/mol.